The minimum Gasteiger partial charge on any atom is -0.392 e. The first-order chi connectivity index (χ1) is 9.10. The van der Waals surface area contributed by atoms with Crippen molar-refractivity contribution in [1.82, 2.24) is 9.78 Å². The molecule has 1 aromatic heterocycles. The van der Waals surface area contributed by atoms with Gasteiger partial charge in [0.1, 0.15) is 0 Å². The normalized spacial score (nSPS) is 15.2. The number of hydrogen-bond acceptors (Lipinski definition) is 5. The third-order valence-corrected chi connectivity index (χ3v) is 3.04. The first-order valence-electron chi connectivity index (χ1n) is 5.95. The minimum atomic E-state index is -0.648. The lowest BCUT2D eigenvalue weighted by Gasteiger charge is -2.08. The lowest BCUT2D eigenvalue weighted by molar-refractivity contribution is 0.0992. The maximum atomic E-state index is 11.1. The SMILES string of the molecule is C#CCCC1(CCn2cc(CO)c(C(N)=O)n2)N=N1. The topological polar surface area (TPSA) is 106 Å². The van der Waals surface area contributed by atoms with Crippen molar-refractivity contribution in [3.8, 4) is 12.3 Å². The van der Waals surface area contributed by atoms with Crippen molar-refractivity contribution in [3.63, 3.8) is 0 Å². The van der Waals surface area contributed by atoms with E-state index < -0.39 is 5.91 Å². The molecule has 0 saturated heterocycles. The van der Waals surface area contributed by atoms with E-state index in [0.29, 0.717) is 24.9 Å². The smallest absolute Gasteiger partial charge is 0.269 e. The zero-order valence-corrected chi connectivity index (χ0v) is 10.4. The highest BCUT2D eigenvalue weighted by Crippen LogP contribution is 2.36. The van der Waals surface area contributed by atoms with Crippen molar-refractivity contribution >= 4 is 5.91 Å². The Bertz CT molecular complexity index is 549. The number of nitrogens with two attached hydrogens (primary N) is 1. The molecule has 1 aliphatic heterocycles. The average molecular weight is 261 g/mol. The summed E-state index contributed by atoms with van der Waals surface area (Å²) in [5.74, 6) is 1.92. The molecule has 0 bridgehead atoms. The molecule has 0 saturated carbocycles. The van der Waals surface area contributed by atoms with Gasteiger partial charge in [-0.1, -0.05) is 0 Å². The zero-order chi connectivity index (χ0) is 13.9. The number of aryl methyl sites for hydroxylation is 1. The molecule has 3 N–H and O–H groups in total. The summed E-state index contributed by atoms with van der Waals surface area (Å²) in [6.45, 7) is 0.271. The second kappa shape index (κ2) is 5.20. The van der Waals surface area contributed by atoms with Gasteiger partial charge in [-0.25, -0.2) is 0 Å². The fourth-order valence-corrected chi connectivity index (χ4v) is 1.86. The summed E-state index contributed by atoms with van der Waals surface area (Å²) in [4.78, 5) is 11.1. The third kappa shape index (κ3) is 2.98. The molecular weight excluding hydrogens is 246 g/mol. The predicted molar refractivity (Wildman–Crippen MR) is 66.9 cm³/mol. The second-order valence-electron chi connectivity index (χ2n) is 4.42. The van der Waals surface area contributed by atoms with E-state index in [9.17, 15) is 4.79 Å². The van der Waals surface area contributed by atoms with Crippen LogP contribution < -0.4 is 5.73 Å². The van der Waals surface area contributed by atoms with E-state index in [1.54, 1.807) is 10.9 Å². The van der Waals surface area contributed by atoms with Crippen LogP contribution in [0.2, 0.25) is 0 Å². The Morgan fingerprint density at radius 3 is 2.74 bits per heavy atom. The van der Waals surface area contributed by atoms with E-state index in [4.69, 9.17) is 17.3 Å². The molecule has 1 aliphatic rings. The molecule has 0 aliphatic carbocycles. The Hall–Kier alpha value is -2.20. The maximum absolute atomic E-state index is 11.1. The number of primary amides is 1. The summed E-state index contributed by atoms with van der Waals surface area (Å²) >= 11 is 0. The third-order valence-electron chi connectivity index (χ3n) is 3.04. The quantitative estimate of drug-likeness (QED) is 0.695. The summed E-state index contributed by atoms with van der Waals surface area (Å²) in [6, 6.07) is 0. The highest BCUT2D eigenvalue weighted by atomic mass is 16.3. The number of nitrogens with zero attached hydrogens (tertiary/aromatic N) is 4. The first-order valence-corrected chi connectivity index (χ1v) is 5.95. The fraction of sp³-hybridized carbons (Fsp3) is 0.500. The number of aromatic nitrogens is 2. The summed E-state index contributed by atoms with van der Waals surface area (Å²) in [5, 5.41) is 21.2. The summed E-state index contributed by atoms with van der Waals surface area (Å²) < 4.78 is 1.58. The average Bonchev–Trinajstić information content (AvgIpc) is 3.04. The Kier molecular flexibility index (Phi) is 3.62. The Labute approximate surface area is 110 Å². The number of rotatable bonds is 7. The van der Waals surface area contributed by atoms with Crippen LogP contribution >= 0.6 is 0 Å². The number of hydrogen-bond donors (Lipinski definition) is 2. The van der Waals surface area contributed by atoms with Gasteiger partial charge in [0.15, 0.2) is 11.4 Å². The number of carbonyl (C=O) groups is 1. The second-order valence-corrected chi connectivity index (χ2v) is 4.42. The van der Waals surface area contributed by atoms with Gasteiger partial charge in [-0.05, 0) is 0 Å². The summed E-state index contributed by atoms with van der Waals surface area (Å²) in [6.07, 6.45) is 8.84. The molecule has 0 fully saturated rings. The van der Waals surface area contributed by atoms with E-state index in [-0.39, 0.29) is 18.0 Å². The van der Waals surface area contributed by atoms with Gasteiger partial charge in [-0.15, -0.1) is 12.3 Å². The van der Waals surface area contributed by atoms with Crippen LogP contribution in [0.15, 0.2) is 16.4 Å². The fourth-order valence-electron chi connectivity index (χ4n) is 1.86. The van der Waals surface area contributed by atoms with Crippen LogP contribution in [0.4, 0.5) is 0 Å². The summed E-state index contributed by atoms with van der Waals surface area (Å²) in [5.41, 5.74) is 5.32. The van der Waals surface area contributed by atoms with E-state index in [0.717, 1.165) is 6.42 Å². The Balaban J connectivity index is 1.97. The van der Waals surface area contributed by atoms with Gasteiger partial charge in [0.25, 0.3) is 5.91 Å². The molecule has 100 valence electrons. The highest BCUT2D eigenvalue weighted by molar-refractivity contribution is 5.92. The largest absolute Gasteiger partial charge is 0.392 e. The van der Waals surface area contributed by atoms with Gasteiger partial charge < -0.3 is 10.8 Å². The van der Waals surface area contributed by atoms with Gasteiger partial charge in [0.05, 0.1) is 6.61 Å². The number of aliphatic hydroxyl groups is 1. The molecule has 0 radical (unpaired) electrons. The van der Waals surface area contributed by atoms with E-state index in [1.807, 2.05) is 0 Å². The van der Waals surface area contributed by atoms with Crippen LogP contribution in [0.3, 0.4) is 0 Å². The lowest BCUT2D eigenvalue weighted by atomic mass is 10.0. The number of terminal acetylenes is 1. The molecule has 0 spiro atoms. The molecule has 1 aromatic rings. The minimum absolute atomic E-state index is 0.102. The van der Waals surface area contributed by atoms with Crippen LogP contribution in [0.25, 0.3) is 0 Å². The predicted octanol–water partition coefficient (Wildman–Crippen LogP) is 0.440. The number of aliphatic hydroxyl groups excluding tert-OH is 1. The molecule has 0 unspecified atom stereocenters. The highest BCUT2D eigenvalue weighted by Gasteiger charge is 2.38. The van der Waals surface area contributed by atoms with Crippen LogP contribution in [-0.4, -0.2) is 26.5 Å². The van der Waals surface area contributed by atoms with Crippen LogP contribution in [0.5, 0.6) is 0 Å². The van der Waals surface area contributed by atoms with Gasteiger partial charge in [-0.3, -0.25) is 9.48 Å². The van der Waals surface area contributed by atoms with Crippen molar-refractivity contribution in [2.45, 2.75) is 38.1 Å². The monoisotopic (exact) mass is 261 g/mol. The molecule has 0 aromatic carbocycles. The molecule has 2 rings (SSSR count). The number of carbonyl (C=O) groups excluding carboxylic acids is 1. The zero-order valence-electron chi connectivity index (χ0n) is 10.4. The van der Waals surface area contributed by atoms with Gasteiger partial charge in [-0.2, -0.15) is 15.3 Å². The number of amides is 1. The lowest BCUT2D eigenvalue weighted by Crippen LogP contribution is -2.16. The van der Waals surface area contributed by atoms with Gasteiger partial charge in [0, 0.05) is 37.6 Å². The molecular formula is C12H15N5O2. The van der Waals surface area contributed by atoms with Crippen molar-refractivity contribution in [1.29, 1.82) is 0 Å². The molecule has 2 heterocycles. The van der Waals surface area contributed by atoms with Crippen molar-refractivity contribution < 1.29 is 9.90 Å². The van der Waals surface area contributed by atoms with Gasteiger partial charge in [0.2, 0.25) is 0 Å². The summed E-state index contributed by atoms with van der Waals surface area (Å²) in [7, 11) is 0. The van der Waals surface area contributed by atoms with E-state index >= 15 is 0 Å². The van der Waals surface area contributed by atoms with E-state index in [1.165, 1.54) is 0 Å². The maximum Gasteiger partial charge on any atom is 0.269 e. The van der Waals surface area contributed by atoms with E-state index in [2.05, 4.69) is 21.2 Å². The van der Waals surface area contributed by atoms with Crippen LogP contribution in [0.1, 0.15) is 35.3 Å². The Morgan fingerprint density at radius 2 is 2.26 bits per heavy atom. The first kappa shape index (κ1) is 13.2. The molecule has 0 atom stereocenters. The Morgan fingerprint density at radius 1 is 1.53 bits per heavy atom. The van der Waals surface area contributed by atoms with Crippen molar-refractivity contribution in [2.24, 2.45) is 16.0 Å². The van der Waals surface area contributed by atoms with Crippen LogP contribution in [0, 0.1) is 12.3 Å². The molecule has 19 heavy (non-hydrogen) atoms. The van der Waals surface area contributed by atoms with Crippen LogP contribution in [-0.2, 0) is 13.2 Å². The standard InChI is InChI=1S/C12H15N5O2/c1-2-3-4-12(15-16-12)5-6-17-7-9(8-18)10(14-17)11(13)19/h1,7,18H,3-6,8H2,(H2,13,19). The molecule has 7 heteroatoms. The van der Waals surface area contributed by atoms with Crippen molar-refractivity contribution in [2.75, 3.05) is 0 Å². The molecule has 7 nitrogen and oxygen atoms in total. The van der Waals surface area contributed by atoms with Gasteiger partial charge >= 0.3 is 0 Å². The van der Waals surface area contributed by atoms with Crippen molar-refractivity contribution in [3.05, 3.63) is 17.5 Å². The molecule has 1 amide bonds.